The van der Waals surface area contributed by atoms with Crippen molar-refractivity contribution in [1.82, 2.24) is 20.0 Å². The Kier molecular flexibility index (Phi) is 6.94. The number of alkyl halides is 2. The van der Waals surface area contributed by atoms with E-state index in [9.17, 15) is 13.6 Å². The molecule has 1 saturated heterocycles. The summed E-state index contributed by atoms with van der Waals surface area (Å²) in [5, 5.41) is 11.2. The second-order valence-corrected chi connectivity index (χ2v) is 10.0. The van der Waals surface area contributed by atoms with Gasteiger partial charge in [0.15, 0.2) is 11.5 Å². The molecule has 10 heteroatoms. The standard InChI is InChI=1S/C27H33F2N5O3/c1-27(9-8-21(36-2)22(16-27)37-3)23-15-20(25(28)29)34-24(31-23)14-19(32-34)17-4-6-18(7-5-17)26(35)33-12-10-30-11-13-33/h4-8,14,16,20,23,25,30-31H,9-13,15H2,1-3H3/t20-,23+,27?/m1/s1. The van der Waals surface area contributed by atoms with Crippen molar-refractivity contribution in [3.63, 3.8) is 0 Å². The Balaban J connectivity index is 1.39. The Bertz CT molecular complexity index is 1200. The Morgan fingerprint density at radius 1 is 1.14 bits per heavy atom. The molecule has 0 bridgehead atoms. The van der Waals surface area contributed by atoms with Crippen LogP contribution in [0.4, 0.5) is 14.6 Å². The second kappa shape index (κ2) is 10.2. The number of hydrogen-bond donors (Lipinski definition) is 2. The average molecular weight is 514 g/mol. The van der Waals surface area contributed by atoms with Gasteiger partial charge in [-0.15, -0.1) is 0 Å². The molecule has 2 aliphatic heterocycles. The molecular formula is C27H33F2N5O3. The number of nitrogens with zero attached hydrogens (tertiary/aromatic N) is 3. The van der Waals surface area contributed by atoms with Crippen LogP contribution in [-0.2, 0) is 9.47 Å². The lowest BCUT2D eigenvalue weighted by molar-refractivity contribution is 0.0578. The summed E-state index contributed by atoms with van der Waals surface area (Å²) in [6.07, 6.45) is 2.17. The zero-order chi connectivity index (χ0) is 26.2. The number of aromatic nitrogens is 2. The monoisotopic (exact) mass is 513 g/mol. The summed E-state index contributed by atoms with van der Waals surface area (Å²) in [6.45, 7) is 4.97. The fraction of sp³-hybridized carbons (Fsp3) is 0.481. The molecule has 5 rings (SSSR count). The molecule has 2 aromatic rings. The maximum Gasteiger partial charge on any atom is 0.260 e. The number of ether oxygens (including phenoxy) is 2. The minimum atomic E-state index is -2.57. The SMILES string of the molecule is COC1=CCC(C)([C@@H]2C[C@H](C(F)F)n3nc(-c4ccc(C(=O)N5CCNCC5)cc4)cc3N2)C=C1OC. The van der Waals surface area contributed by atoms with E-state index < -0.39 is 17.9 Å². The first kappa shape index (κ1) is 25.3. The van der Waals surface area contributed by atoms with Gasteiger partial charge in [-0.05, 0) is 37.1 Å². The molecule has 0 saturated carbocycles. The van der Waals surface area contributed by atoms with Crippen LogP contribution in [0.25, 0.3) is 11.3 Å². The molecule has 1 aromatic heterocycles. The van der Waals surface area contributed by atoms with Crippen LogP contribution in [0.15, 0.2) is 54.0 Å². The molecular weight excluding hydrogens is 480 g/mol. The number of anilines is 1. The van der Waals surface area contributed by atoms with E-state index in [4.69, 9.17) is 9.47 Å². The van der Waals surface area contributed by atoms with Crippen molar-refractivity contribution in [1.29, 1.82) is 0 Å². The summed E-state index contributed by atoms with van der Waals surface area (Å²) in [6, 6.07) is 7.68. The van der Waals surface area contributed by atoms with E-state index >= 15 is 0 Å². The van der Waals surface area contributed by atoms with Gasteiger partial charge in [0.2, 0.25) is 0 Å². The molecule has 8 nitrogen and oxygen atoms in total. The van der Waals surface area contributed by atoms with Gasteiger partial charge in [0, 0.05) is 54.8 Å². The van der Waals surface area contributed by atoms with Gasteiger partial charge >= 0.3 is 0 Å². The summed E-state index contributed by atoms with van der Waals surface area (Å²) < 4.78 is 40.8. The van der Waals surface area contributed by atoms with E-state index in [1.807, 2.05) is 36.1 Å². The quantitative estimate of drug-likeness (QED) is 0.607. The van der Waals surface area contributed by atoms with Crippen LogP contribution in [-0.4, -0.2) is 73.5 Å². The molecule has 0 spiro atoms. The highest BCUT2D eigenvalue weighted by Gasteiger charge is 2.43. The maximum atomic E-state index is 14.2. The number of nitrogens with one attached hydrogen (secondary N) is 2. The molecule has 0 radical (unpaired) electrons. The normalized spacial score (nSPS) is 25.6. The molecule has 3 heterocycles. The van der Waals surface area contributed by atoms with Crippen LogP contribution in [0.3, 0.4) is 0 Å². The molecule has 1 amide bonds. The van der Waals surface area contributed by atoms with Crippen molar-refractivity contribution in [2.75, 3.05) is 45.7 Å². The summed E-state index contributed by atoms with van der Waals surface area (Å²) >= 11 is 0. The molecule has 1 unspecified atom stereocenters. The summed E-state index contributed by atoms with van der Waals surface area (Å²) in [5.74, 6) is 1.79. The molecule has 2 N–H and O–H groups in total. The van der Waals surface area contributed by atoms with Gasteiger partial charge in [-0.25, -0.2) is 13.5 Å². The molecule has 1 aliphatic carbocycles. The minimum Gasteiger partial charge on any atom is -0.493 e. The van der Waals surface area contributed by atoms with E-state index in [1.165, 1.54) is 4.68 Å². The molecule has 1 aromatic carbocycles. The van der Waals surface area contributed by atoms with Crippen molar-refractivity contribution in [2.24, 2.45) is 5.41 Å². The Labute approximate surface area is 215 Å². The summed E-state index contributed by atoms with van der Waals surface area (Å²) in [5.41, 5.74) is 1.50. The number of carbonyl (C=O) groups is 1. The van der Waals surface area contributed by atoms with E-state index in [-0.39, 0.29) is 18.4 Å². The van der Waals surface area contributed by atoms with Crippen LogP contribution >= 0.6 is 0 Å². The van der Waals surface area contributed by atoms with Crippen molar-refractivity contribution in [3.05, 3.63) is 59.6 Å². The first-order chi connectivity index (χ1) is 17.8. The maximum absolute atomic E-state index is 14.2. The number of halogens is 2. The fourth-order valence-electron chi connectivity index (χ4n) is 5.38. The number of methoxy groups -OCH3 is 2. The highest BCUT2D eigenvalue weighted by molar-refractivity contribution is 5.94. The number of rotatable bonds is 6. The highest BCUT2D eigenvalue weighted by Crippen LogP contribution is 2.44. The first-order valence-corrected chi connectivity index (χ1v) is 12.6. The van der Waals surface area contributed by atoms with Crippen molar-refractivity contribution >= 4 is 11.7 Å². The fourth-order valence-corrected chi connectivity index (χ4v) is 5.38. The van der Waals surface area contributed by atoms with Gasteiger partial charge < -0.3 is 25.0 Å². The number of allylic oxidation sites excluding steroid dienone is 1. The zero-order valence-corrected chi connectivity index (χ0v) is 21.3. The third-order valence-corrected chi connectivity index (χ3v) is 7.64. The van der Waals surface area contributed by atoms with Crippen LogP contribution in [0, 0.1) is 5.41 Å². The Morgan fingerprint density at radius 2 is 1.84 bits per heavy atom. The Hall–Kier alpha value is -3.40. The number of amides is 1. The van der Waals surface area contributed by atoms with Gasteiger partial charge in [0.1, 0.15) is 11.9 Å². The van der Waals surface area contributed by atoms with Crippen molar-refractivity contribution in [3.8, 4) is 11.3 Å². The first-order valence-electron chi connectivity index (χ1n) is 12.6. The average Bonchev–Trinajstić information content (AvgIpc) is 3.37. The van der Waals surface area contributed by atoms with Gasteiger partial charge in [-0.2, -0.15) is 5.10 Å². The van der Waals surface area contributed by atoms with Gasteiger partial charge in [0.25, 0.3) is 12.3 Å². The van der Waals surface area contributed by atoms with E-state index in [2.05, 4.69) is 15.7 Å². The molecule has 3 atom stereocenters. The Morgan fingerprint density at radius 3 is 2.49 bits per heavy atom. The lowest BCUT2D eigenvalue weighted by atomic mass is 9.73. The predicted molar refractivity (Wildman–Crippen MR) is 136 cm³/mol. The van der Waals surface area contributed by atoms with Gasteiger partial charge in [0.05, 0.1) is 19.9 Å². The molecule has 1 fully saturated rings. The van der Waals surface area contributed by atoms with Crippen LogP contribution in [0.2, 0.25) is 0 Å². The van der Waals surface area contributed by atoms with Crippen LogP contribution in [0.1, 0.15) is 36.2 Å². The third kappa shape index (κ3) is 4.82. The predicted octanol–water partition coefficient (Wildman–Crippen LogP) is 4.06. The lowest BCUT2D eigenvalue weighted by Crippen LogP contribution is -2.46. The summed E-state index contributed by atoms with van der Waals surface area (Å²) in [4.78, 5) is 14.6. The molecule has 3 aliphatic rings. The zero-order valence-electron chi connectivity index (χ0n) is 21.3. The number of piperazine rings is 1. The topological polar surface area (TPSA) is 80.7 Å². The second-order valence-electron chi connectivity index (χ2n) is 10.0. The van der Waals surface area contributed by atoms with E-state index in [0.717, 1.165) is 18.7 Å². The van der Waals surface area contributed by atoms with Crippen molar-refractivity contribution in [2.45, 2.75) is 38.3 Å². The minimum absolute atomic E-state index is 0.00523. The number of benzene rings is 1. The molecule has 37 heavy (non-hydrogen) atoms. The highest BCUT2D eigenvalue weighted by atomic mass is 19.3. The number of fused-ring (bicyclic) bond motifs is 1. The van der Waals surface area contributed by atoms with E-state index in [0.29, 0.717) is 48.1 Å². The van der Waals surface area contributed by atoms with Gasteiger partial charge in [-0.1, -0.05) is 19.1 Å². The summed E-state index contributed by atoms with van der Waals surface area (Å²) in [7, 11) is 3.16. The van der Waals surface area contributed by atoms with E-state index in [1.54, 1.807) is 32.4 Å². The lowest BCUT2D eigenvalue weighted by Gasteiger charge is -2.42. The van der Waals surface area contributed by atoms with Crippen molar-refractivity contribution < 1.29 is 23.0 Å². The number of carbonyl (C=O) groups excluding carboxylic acids is 1. The van der Waals surface area contributed by atoms with Crippen LogP contribution in [0.5, 0.6) is 0 Å². The smallest absolute Gasteiger partial charge is 0.260 e. The van der Waals surface area contributed by atoms with Gasteiger partial charge in [-0.3, -0.25) is 4.79 Å². The molecule has 198 valence electrons. The largest absolute Gasteiger partial charge is 0.493 e. The van der Waals surface area contributed by atoms with Crippen LogP contribution < -0.4 is 10.6 Å². The number of hydrogen-bond acceptors (Lipinski definition) is 6. The third-order valence-electron chi connectivity index (χ3n) is 7.64.